The van der Waals surface area contributed by atoms with E-state index in [-0.39, 0.29) is 5.95 Å². The Hall–Kier alpha value is -3.75. The van der Waals surface area contributed by atoms with Crippen LogP contribution in [0.1, 0.15) is 5.82 Å². The maximum Gasteiger partial charge on any atom is 0.242 e. The smallest absolute Gasteiger partial charge is 0.242 e. The summed E-state index contributed by atoms with van der Waals surface area (Å²) < 4.78 is 6.88. The van der Waals surface area contributed by atoms with Crippen molar-refractivity contribution in [2.45, 2.75) is 6.92 Å². The van der Waals surface area contributed by atoms with E-state index in [0.29, 0.717) is 23.6 Å². The average molecular weight is 348 g/mol. The number of fused-ring (bicyclic) bond motifs is 1. The number of hydrogen-bond donors (Lipinski definition) is 2. The lowest BCUT2D eigenvalue weighted by molar-refractivity contribution is 0.398. The van der Waals surface area contributed by atoms with Crippen molar-refractivity contribution in [1.29, 1.82) is 0 Å². The van der Waals surface area contributed by atoms with Gasteiger partial charge in [0, 0.05) is 6.07 Å². The second-order valence-electron chi connectivity index (χ2n) is 5.51. The van der Waals surface area contributed by atoms with Gasteiger partial charge in [-0.25, -0.2) is 14.5 Å². The van der Waals surface area contributed by atoms with Gasteiger partial charge in [0.25, 0.3) is 0 Å². The van der Waals surface area contributed by atoms with E-state index in [2.05, 4.69) is 30.2 Å². The monoisotopic (exact) mass is 348 g/mol. The highest BCUT2D eigenvalue weighted by molar-refractivity contribution is 5.81. The van der Waals surface area contributed by atoms with Gasteiger partial charge in [0.05, 0.1) is 30.0 Å². The molecule has 0 aliphatic carbocycles. The van der Waals surface area contributed by atoms with Crippen LogP contribution in [0.2, 0.25) is 0 Å². The number of pyridine rings is 1. The van der Waals surface area contributed by atoms with Gasteiger partial charge in [0.1, 0.15) is 5.82 Å². The first kappa shape index (κ1) is 15.8. The average Bonchev–Trinajstić information content (AvgIpc) is 2.99. The lowest BCUT2D eigenvalue weighted by Gasteiger charge is -2.10. The van der Waals surface area contributed by atoms with Gasteiger partial charge in [-0.15, -0.1) is 0 Å². The van der Waals surface area contributed by atoms with Crippen LogP contribution in [0.3, 0.4) is 0 Å². The van der Waals surface area contributed by atoms with Crippen LogP contribution < -0.4 is 15.8 Å². The Morgan fingerprint density at radius 2 is 1.88 bits per heavy atom. The standard InChI is InChI=1S/C17H16N8O/c1-10-20-15(18)24-16(21-10)25-13-6-4-3-5-12(13)23-17(25)22-11-7-8-14(26-2)19-9-11/h3-9H,1-2H3,(H,22,23)(H2,18,20,21,24). The molecule has 4 aromatic rings. The lowest BCUT2D eigenvalue weighted by atomic mass is 10.3. The van der Waals surface area contributed by atoms with E-state index in [1.54, 1.807) is 30.9 Å². The molecule has 26 heavy (non-hydrogen) atoms. The van der Waals surface area contributed by atoms with Crippen LogP contribution in [0.25, 0.3) is 17.0 Å². The molecule has 0 atom stereocenters. The summed E-state index contributed by atoms with van der Waals surface area (Å²) in [6.45, 7) is 1.77. The highest BCUT2D eigenvalue weighted by atomic mass is 16.5. The van der Waals surface area contributed by atoms with Crippen molar-refractivity contribution in [2.24, 2.45) is 0 Å². The molecule has 0 fully saturated rings. The minimum Gasteiger partial charge on any atom is -0.481 e. The minimum atomic E-state index is 0.155. The number of anilines is 3. The number of hydrogen-bond acceptors (Lipinski definition) is 8. The fourth-order valence-electron chi connectivity index (χ4n) is 2.60. The Morgan fingerprint density at radius 1 is 1.04 bits per heavy atom. The number of nitrogens with zero attached hydrogens (tertiary/aromatic N) is 6. The third-order valence-electron chi connectivity index (χ3n) is 3.72. The second-order valence-corrected chi connectivity index (χ2v) is 5.51. The SMILES string of the molecule is COc1ccc(Nc2nc3ccccc3n2-c2nc(C)nc(N)n2)cn1. The van der Waals surface area contributed by atoms with E-state index in [1.807, 2.05) is 30.3 Å². The normalized spacial score (nSPS) is 10.8. The van der Waals surface area contributed by atoms with Crippen LogP contribution in [0.15, 0.2) is 42.6 Å². The molecule has 130 valence electrons. The van der Waals surface area contributed by atoms with E-state index in [1.165, 1.54) is 0 Å². The van der Waals surface area contributed by atoms with Gasteiger partial charge in [-0.1, -0.05) is 12.1 Å². The third-order valence-corrected chi connectivity index (χ3v) is 3.72. The summed E-state index contributed by atoms with van der Waals surface area (Å²) in [6.07, 6.45) is 1.66. The quantitative estimate of drug-likeness (QED) is 0.577. The lowest BCUT2D eigenvalue weighted by Crippen LogP contribution is -2.10. The zero-order valence-electron chi connectivity index (χ0n) is 14.2. The van der Waals surface area contributed by atoms with E-state index in [0.717, 1.165) is 16.7 Å². The molecule has 3 N–H and O–H groups in total. The molecule has 0 saturated heterocycles. The van der Waals surface area contributed by atoms with E-state index in [9.17, 15) is 0 Å². The first-order chi connectivity index (χ1) is 12.6. The summed E-state index contributed by atoms with van der Waals surface area (Å²) >= 11 is 0. The number of aryl methyl sites for hydroxylation is 1. The Bertz CT molecular complexity index is 1050. The summed E-state index contributed by atoms with van der Waals surface area (Å²) in [4.78, 5) is 21.5. The molecule has 0 spiro atoms. The topological polar surface area (TPSA) is 117 Å². The highest BCUT2D eigenvalue weighted by Crippen LogP contribution is 2.25. The van der Waals surface area contributed by atoms with Gasteiger partial charge in [0.15, 0.2) is 0 Å². The molecular weight excluding hydrogens is 332 g/mol. The summed E-state index contributed by atoms with van der Waals surface area (Å²) in [5, 5.41) is 3.24. The number of nitrogen functional groups attached to an aromatic ring is 1. The number of rotatable bonds is 4. The number of aromatic nitrogens is 6. The molecule has 0 radical (unpaired) electrons. The van der Waals surface area contributed by atoms with E-state index < -0.39 is 0 Å². The summed E-state index contributed by atoms with van der Waals surface area (Å²) in [7, 11) is 1.57. The molecule has 0 bridgehead atoms. The van der Waals surface area contributed by atoms with Gasteiger partial charge in [-0.2, -0.15) is 15.0 Å². The Balaban J connectivity index is 1.85. The highest BCUT2D eigenvalue weighted by Gasteiger charge is 2.16. The van der Waals surface area contributed by atoms with Crippen molar-refractivity contribution in [3.63, 3.8) is 0 Å². The molecule has 3 heterocycles. The molecule has 0 saturated carbocycles. The van der Waals surface area contributed by atoms with Crippen molar-refractivity contribution in [1.82, 2.24) is 29.5 Å². The Morgan fingerprint density at radius 3 is 2.62 bits per heavy atom. The molecule has 0 aliphatic rings. The number of ether oxygens (including phenoxy) is 1. The zero-order chi connectivity index (χ0) is 18.1. The van der Waals surface area contributed by atoms with Crippen molar-refractivity contribution in [3.8, 4) is 11.8 Å². The predicted molar refractivity (Wildman–Crippen MR) is 97.7 cm³/mol. The second kappa shape index (κ2) is 6.28. The molecular formula is C17H16N8O. The van der Waals surface area contributed by atoms with Crippen LogP contribution in [0.4, 0.5) is 17.6 Å². The number of para-hydroxylation sites is 2. The molecule has 0 amide bonds. The summed E-state index contributed by atoms with van der Waals surface area (Å²) in [5.74, 6) is 2.16. The van der Waals surface area contributed by atoms with Crippen molar-refractivity contribution < 1.29 is 4.74 Å². The Kier molecular flexibility index (Phi) is 3.81. The number of benzene rings is 1. The number of nitrogens with one attached hydrogen (secondary N) is 1. The molecule has 0 unspecified atom stereocenters. The van der Waals surface area contributed by atoms with Crippen molar-refractivity contribution in [2.75, 3.05) is 18.2 Å². The third kappa shape index (κ3) is 2.86. The van der Waals surface area contributed by atoms with Gasteiger partial charge in [-0.05, 0) is 25.1 Å². The molecule has 4 rings (SSSR count). The summed E-state index contributed by atoms with van der Waals surface area (Å²) in [6, 6.07) is 11.3. The van der Waals surface area contributed by atoms with Gasteiger partial charge >= 0.3 is 0 Å². The predicted octanol–water partition coefficient (Wildman–Crippen LogP) is 2.25. The first-order valence-corrected chi connectivity index (χ1v) is 7.87. The summed E-state index contributed by atoms with van der Waals surface area (Å²) in [5.41, 5.74) is 8.20. The Labute approximate surface area is 148 Å². The molecule has 1 aromatic carbocycles. The maximum atomic E-state index is 5.80. The maximum absolute atomic E-state index is 5.80. The van der Waals surface area contributed by atoms with Crippen LogP contribution in [-0.4, -0.2) is 36.6 Å². The van der Waals surface area contributed by atoms with E-state index >= 15 is 0 Å². The van der Waals surface area contributed by atoms with Gasteiger partial charge in [0.2, 0.25) is 23.7 Å². The van der Waals surface area contributed by atoms with Crippen LogP contribution in [0, 0.1) is 6.92 Å². The van der Waals surface area contributed by atoms with Crippen LogP contribution in [-0.2, 0) is 0 Å². The molecule has 9 nitrogen and oxygen atoms in total. The first-order valence-electron chi connectivity index (χ1n) is 7.87. The van der Waals surface area contributed by atoms with Crippen LogP contribution >= 0.6 is 0 Å². The fraction of sp³-hybridized carbons (Fsp3) is 0.118. The zero-order valence-corrected chi connectivity index (χ0v) is 14.2. The minimum absolute atomic E-state index is 0.155. The number of methoxy groups -OCH3 is 1. The van der Waals surface area contributed by atoms with Crippen molar-refractivity contribution >= 4 is 28.6 Å². The number of imidazole rings is 1. The number of nitrogens with two attached hydrogens (primary N) is 1. The fourth-order valence-corrected chi connectivity index (χ4v) is 2.60. The molecule has 0 aliphatic heterocycles. The van der Waals surface area contributed by atoms with Crippen LogP contribution in [0.5, 0.6) is 5.88 Å². The van der Waals surface area contributed by atoms with Gasteiger partial charge < -0.3 is 15.8 Å². The van der Waals surface area contributed by atoms with E-state index in [4.69, 9.17) is 10.5 Å². The molecule has 9 heteroatoms. The van der Waals surface area contributed by atoms with Gasteiger partial charge in [-0.3, -0.25) is 0 Å². The molecule has 3 aromatic heterocycles. The largest absolute Gasteiger partial charge is 0.481 e. The van der Waals surface area contributed by atoms with Crippen molar-refractivity contribution in [3.05, 3.63) is 48.4 Å².